The molecule has 1 amide bonds. The Labute approximate surface area is 126 Å². The number of hydrogen-bond donors (Lipinski definition) is 1. The van der Waals surface area contributed by atoms with E-state index in [4.69, 9.17) is 5.14 Å². The van der Waals surface area contributed by atoms with E-state index in [2.05, 4.69) is 0 Å². The second kappa shape index (κ2) is 6.58. The van der Waals surface area contributed by atoms with E-state index < -0.39 is 10.0 Å². The van der Waals surface area contributed by atoms with Crippen LogP contribution in [0.3, 0.4) is 0 Å². The van der Waals surface area contributed by atoms with E-state index in [1.165, 1.54) is 31.4 Å². The summed E-state index contributed by atoms with van der Waals surface area (Å²) in [6.07, 6.45) is 6.52. The number of benzene rings is 1. The van der Waals surface area contributed by atoms with Gasteiger partial charge in [-0.1, -0.05) is 19.3 Å². The summed E-state index contributed by atoms with van der Waals surface area (Å²) in [7, 11) is -1.97. The van der Waals surface area contributed by atoms with Crippen LogP contribution in [-0.4, -0.2) is 21.4 Å². The molecule has 1 aromatic carbocycles. The third-order valence-electron chi connectivity index (χ3n) is 4.11. The number of carbonyl (C=O) groups excluding carboxylic acids is 1. The van der Waals surface area contributed by atoms with Gasteiger partial charge in [0.25, 0.3) is 0 Å². The Kier molecular flexibility index (Phi) is 5.00. The second-order valence-corrected chi connectivity index (χ2v) is 7.26. The van der Waals surface area contributed by atoms with E-state index in [0.29, 0.717) is 18.0 Å². The molecule has 0 unspecified atom stereocenters. The van der Waals surface area contributed by atoms with Crippen molar-refractivity contribution in [3.05, 3.63) is 24.3 Å². The highest BCUT2D eigenvalue weighted by atomic mass is 32.2. The van der Waals surface area contributed by atoms with E-state index in [1.54, 1.807) is 24.1 Å². The molecule has 0 saturated heterocycles. The van der Waals surface area contributed by atoms with Crippen molar-refractivity contribution in [1.29, 1.82) is 0 Å². The molecule has 5 nitrogen and oxygen atoms in total. The maximum Gasteiger partial charge on any atom is 0.238 e. The van der Waals surface area contributed by atoms with Gasteiger partial charge < -0.3 is 4.90 Å². The van der Waals surface area contributed by atoms with Gasteiger partial charge in [-0.25, -0.2) is 13.6 Å². The monoisotopic (exact) mass is 310 g/mol. The molecule has 1 saturated carbocycles. The lowest BCUT2D eigenvalue weighted by Crippen LogP contribution is -2.28. The van der Waals surface area contributed by atoms with Crippen LogP contribution in [0.5, 0.6) is 0 Å². The number of anilines is 1. The fourth-order valence-corrected chi connectivity index (χ4v) is 3.29. The summed E-state index contributed by atoms with van der Waals surface area (Å²) in [5.74, 6) is 0.558. The lowest BCUT2D eigenvalue weighted by Gasteiger charge is -2.24. The number of hydrogen-bond acceptors (Lipinski definition) is 3. The maximum atomic E-state index is 12.3. The number of primary sulfonamides is 1. The maximum absolute atomic E-state index is 12.3. The van der Waals surface area contributed by atoms with Crippen molar-refractivity contribution in [2.45, 2.75) is 43.4 Å². The molecule has 0 atom stereocenters. The van der Waals surface area contributed by atoms with Gasteiger partial charge in [0.15, 0.2) is 0 Å². The van der Waals surface area contributed by atoms with Gasteiger partial charge in [-0.3, -0.25) is 4.79 Å². The molecule has 116 valence electrons. The van der Waals surface area contributed by atoms with Crippen molar-refractivity contribution in [2.24, 2.45) is 11.1 Å². The van der Waals surface area contributed by atoms with Crippen molar-refractivity contribution in [1.82, 2.24) is 0 Å². The highest BCUT2D eigenvalue weighted by Crippen LogP contribution is 2.27. The van der Waals surface area contributed by atoms with Crippen molar-refractivity contribution < 1.29 is 13.2 Å². The first-order chi connectivity index (χ1) is 9.88. The zero-order chi connectivity index (χ0) is 15.5. The van der Waals surface area contributed by atoms with Crippen LogP contribution in [-0.2, 0) is 14.8 Å². The van der Waals surface area contributed by atoms with Gasteiger partial charge in [-0.2, -0.15) is 0 Å². The molecular formula is C15H22N2O3S. The van der Waals surface area contributed by atoms with Crippen LogP contribution >= 0.6 is 0 Å². The van der Waals surface area contributed by atoms with Crippen LogP contribution in [0.4, 0.5) is 5.69 Å². The van der Waals surface area contributed by atoms with E-state index in [9.17, 15) is 13.2 Å². The predicted molar refractivity (Wildman–Crippen MR) is 82.4 cm³/mol. The third-order valence-corrected chi connectivity index (χ3v) is 5.04. The molecule has 0 radical (unpaired) electrons. The van der Waals surface area contributed by atoms with Gasteiger partial charge >= 0.3 is 0 Å². The van der Waals surface area contributed by atoms with Crippen LogP contribution in [0, 0.1) is 5.92 Å². The third kappa shape index (κ3) is 4.28. The Morgan fingerprint density at radius 2 is 1.76 bits per heavy atom. The number of nitrogens with two attached hydrogens (primary N) is 1. The summed E-state index contributed by atoms with van der Waals surface area (Å²) in [5.41, 5.74) is 0.684. The van der Waals surface area contributed by atoms with Crippen molar-refractivity contribution in [3.63, 3.8) is 0 Å². The molecule has 1 aromatic rings. The lowest BCUT2D eigenvalue weighted by atomic mass is 9.86. The SMILES string of the molecule is CN(C(=O)CC1CCCCC1)c1ccc(S(N)(=O)=O)cc1. The van der Waals surface area contributed by atoms with Gasteiger partial charge in [-0.15, -0.1) is 0 Å². The molecule has 1 fully saturated rings. The Balaban J connectivity index is 2.01. The molecular weight excluding hydrogens is 288 g/mol. The minimum atomic E-state index is -3.69. The molecule has 0 spiro atoms. The van der Waals surface area contributed by atoms with Crippen LogP contribution in [0.1, 0.15) is 38.5 Å². The van der Waals surface area contributed by atoms with Crippen LogP contribution in [0.25, 0.3) is 0 Å². The minimum Gasteiger partial charge on any atom is -0.315 e. The molecule has 1 aliphatic carbocycles. The van der Waals surface area contributed by atoms with Crippen molar-refractivity contribution in [3.8, 4) is 0 Å². The molecule has 0 aromatic heterocycles. The number of carbonyl (C=O) groups is 1. The summed E-state index contributed by atoms with van der Waals surface area (Å²) >= 11 is 0. The Bertz CT molecular complexity index is 590. The van der Waals surface area contributed by atoms with Gasteiger partial charge in [0.05, 0.1) is 4.90 Å². The molecule has 0 heterocycles. The molecule has 2 rings (SSSR count). The van der Waals surface area contributed by atoms with Crippen LogP contribution in [0.15, 0.2) is 29.2 Å². The Morgan fingerprint density at radius 1 is 1.19 bits per heavy atom. The normalized spacial score (nSPS) is 16.7. The fourth-order valence-electron chi connectivity index (χ4n) is 2.78. The summed E-state index contributed by atoms with van der Waals surface area (Å²) in [4.78, 5) is 13.9. The largest absolute Gasteiger partial charge is 0.315 e. The van der Waals surface area contributed by atoms with Gasteiger partial charge in [-0.05, 0) is 43.0 Å². The average molecular weight is 310 g/mol. The highest BCUT2D eigenvalue weighted by Gasteiger charge is 2.20. The second-order valence-electron chi connectivity index (χ2n) is 5.70. The Hall–Kier alpha value is -1.40. The summed E-state index contributed by atoms with van der Waals surface area (Å²) in [5, 5.41) is 5.06. The zero-order valence-corrected chi connectivity index (χ0v) is 13.1. The molecule has 6 heteroatoms. The van der Waals surface area contributed by atoms with Gasteiger partial charge in [0.2, 0.25) is 15.9 Å². The van der Waals surface area contributed by atoms with Crippen LogP contribution < -0.4 is 10.0 Å². The first-order valence-electron chi connectivity index (χ1n) is 7.27. The summed E-state index contributed by atoms with van der Waals surface area (Å²) in [6.45, 7) is 0. The molecule has 1 aliphatic rings. The van der Waals surface area contributed by atoms with Crippen molar-refractivity contribution >= 4 is 21.6 Å². The summed E-state index contributed by atoms with van der Waals surface area (Å²) < 4.78 is 22.4. The van der Waals surface area contributed by atoms with Gasteiger partial charge in [0, 0.05) is 19.2 Å². The summed E-state index contributed by atoms with van der Waals surface area (Å²) in [6, 6.07) is 6.07. The van der Waals surface area contributed by atoms with Gasteiger partial charge in [0.1, 0.15) is 0 Å². The quantitative estimate of drug-likeness (QED) is 0.926. The standard InChI is InChI=1S/C15H22N2O3S/c1-17(15(18)11-12-5-3-2-4-6-12)13-7-9-14(10-8-13)21(16,19)20/h7-10,12H,2-6,11H2,1H3,(H2,16,19,20). The van der Waals surface area contributed by atoms with Crippen molar-refractivity contribution in [2.75, 3.05) is 11.9 Å². The lowest BCUT2D eigenvalue weighted by molar-refractivity contribution is -0.119. The molecule has 0 bridgehead atoms. The van der Waals surface area contributed by atoms with E-state index >= 15 is 0 Å². The fraction of sp³-hybridized carbons (Fsp3) is 0.533. The van der Waals surface area contributed by atoms with E-state index in [0.717, 1.165) is 12.8 Å². The average Bonchev–Trinajstić information content (AvgIpc) is 2.46. The highest BCUT2D eigenvalue weighted by molar-refractivity contribution is 7.89. The number of amides is 1. The minimum absolute atomic E-state index is 0.0550. The topological polar surface area (TPSA) is 80.5 Å². The smallest absolute Gasteiger partial charge is 0.238 e. The Morgan fingerprint density at radius 3 is 2.29 bits per heavy atom. The number of rotatable bonds is 4. The predicted octanol–water partition coefficient (Wildman–Crippen LogP) is 2.27. The number of nitrogens with zero attached hydrogens (tertiary/aromatic N) is 1. The van der Waals surface area contributed by atoms with E-state index in [1.807, 2.05) is 0 Å². The molecule has 2 N–H and O–H groups in total. The van der Waals surface area contributed by atoms with E-state index in [-0.39, 0.29) is 10.8 Å². The molecule has 21 heavy (non-hydrogen) atoms. The zero-order valence-electron chi connectivity index (χ0n) is 12.3. The first kappa shape index (κ1) is 16.0. The number of sulfonamides is 1. The molecule has 0 aliphatic heterocycles. The van der Waals surface area contributed by atoms with Crippen LogP contribution in [0.2, 0.25) is 0 Å². The first-order valence-corrected chi connectivity index (χ1v) is 8.82.